The number of rotatable bonds is 11. The lowest BCUT2D eigenvalue weighted by Gasteiger charge is -2.36. The molecule has 7 nitrogen and oxygen atoms in total. The second-order valence-electron chi connectivity index (χ2n) is 14.0. The van der Waals surface area contributed by atoms with Gasteiger partial charge in [-0.2, -0.15) is 0 Å². The highest BCUT2D eigenvalue weighted by Gasteiger charge is 2.43. The molecule has 1 heterocycles. The SMILES string of the molecule is CC(C)c1ccc(C(OC(=O)CC(NC(=O)OCC2c3ccccc3-c3ccccc32)C(=O)N2CCCC2)(c2ccccc2)c2ccccc2Cl)cc1. The normalized spacial score (nSPS) is 15.3. The van der Waals surface area contributed by atoms with Gasteiger partial charge in [0.15, 0.2) is 5.60 Å². The maximum atomic E-state index is 14.4. The Kier molecular flexibility index (Phi) is 10.6. The molecule has 0 saturated carbocycles. The van der Waals surface area contributed by atoms with E-state index in [1.54, 1.807) is 11.0 Å². The quantitative estimate of drug-likeness (QED) is 0.108. The number of esters is 1. The van der Waals surface area contributed by atoms with Crippen molar-refractivity contribution in [3.8, 4) is 11.1 Å². The molecule has 2 unspecified atom stereocenters. The van der Waals surface area contributed by atoms with Crippen LogP contribution in [0.3, 0.4) is 0 Å². The summed E-state index contributed by atoms with van der Waals surface area (Å²) in [4.78, 5) is 43.6. The maximum Gasteiger partial charge on any atom is 0.407 e. The number of benzene rings is 5. The molecule has 5 aromatic carbocycles. The molecule has 0 bridgehead atoms. The van der Waals surface area contributed by atoms with Gasteiger partial charge in [0.2, 0.25) is 5.91 Å². The Balaban J connectivity index is 1.18. The third kappa shape index (κ3) is 7.31. The molecule has 2 atom stereocenters. The van der Waals surface area contributed by atoms with Gasteiger partial charge in [0.25, 0.3) is 0 Å². The summed E-state index contributed by atoms with van der Waals surface area (Å²) >= 11 is 6.91. The number of hydrogen-bond acceptors (Lipinski definition) is 5. The van der Waals surface area contributed by atoms with E-state index in [9.17, 15) is 14.4 Å². The molecular formula is C45H43ClN2O5. The Morgan fingerprint density at radius 2 is 1.32 bits per heavy atom. The van der Waals surface area contributed by atoms with E-state index in [4.69, 9.17) is 21.1 Å². The third-order valence-electron chi connectivity index (χ3n) is 10.4. The molecule has 1 fully saturated rings. The maximum absolute atomic E-state index is 14.4. The minimum Gasteiger partial charge on any atom is -0.449 e. The highest BCUT2D eigenvalue weighted by atomic mass is 35.5. The molecule has 0 aromatic heterocycles. The van der Waals surface area contributed by atoms with E-state index in [0.29, 0.717) is 40.7 Å². The van der Waals surface area contributed by atoms with Gasteiger partial charge >= 0.3 is 12.1 Å². The van der Waals surface area contributed by atoms with Crippen LogP contribution in [0.4, 0.5) is 4.79 Å². The topological polar surface area (TPSA) is 84.9 Å². The summed E-state index contributed by atoms with van der Waals surface area (Å²) in [5.41, 5.74) is 6.00. The number of nitrogens with zero attached hydrogens (tertiary/aromatic N) is 1. The molecule has 270 valence electrons. The summed E-state index contributed by atoms with van der Waals surface area (Å²) in [5, 5.41) is 3.17. The molecule has 2 amide bonds. The van der Waals surface area contributed by atoms with E-state index in [2.05, 4.69) is 31.3 Å². The van der Waals surface area contributed by atoms with Crippen LogP contribution in [0.1, 0.15) is 78.3 Å². The number of carbonyl (C=O) groups is 3. The van der Waals surface area contributed by atoms with E-state index < -0.39 is 30.1 Å². The molecule has 7 rings (SSSR count). The predicted molar refractivity (Wildman–Crippen MR) is 207 cm³/mol. The van der Waals surface area contributed by atoms with Crippen LogP contribution in [0.5, 0.6) is 0 Å². The largest absolute Gasteiger partial charge is 0.449 e. The number of alkyl carbamates (subject to hydrolysis) is 1. The van der Waals surface area contributed by atoms with E-state index >= 15 is 0 Å². The fourth-order valence-corrected chi connectivity index (χ4v) is 7.96. The van der Waals surface area contributed by atoms with Crippen molar-refractivity contribution < 1.29 is 23.9 Å². The van der Waals surface area contributed by atoms with Crippen molar-refractivity contribution in [3.05, 3.63) is 166 Å². The Labute approximate surface area is 315 Å². The molecule has 1 aliphatic heterocycles. The standard InChI is InChI=1S/C45H43ClN2O5/c1-30(2)31-22-24-33(25-23-31)45(32-14-4-3-5-15-32,39-20-10-11-21-40(39)46)53-42(49)28-41(43(50)48-26-12-13-27-48)47-44(51)52-29-38-36-18-8-6-16-34(36)35-17-7-9-19-37(35)38/h3-11,14-25,30,38,41H,12-13,26-29H2,1-2H3,(H,47,51). The first-order chi connectivity index (χ1) is 25.8. The van der Waals surface area contributed by atoms with E-state index in [-0.39, 0.29) is 18.4 Å². The zero-order valence-corrected chi connectivity index (χ0v) is 30.7. The molecule has 8 heteroatoms. The van der Waals surface area contributed by atoms with Gasteiger partial charge in [-0.15, -0.1) is 0 Å². The van der Waals surface area contributed by atoms with Gasteiger partial charge < -0.3 is 19.7 Å². The average molecular weight is 727 g/mol. The lowest BCUT2D eigenvalue weighted by molar-refractivity contribution is -0.156. The molecule has 1 aliphatic carbocycles. The zero-order chi connectivity index (χ0) is 37.0. The van der Waals surface area contributed by atoms with Gasteiger partial charge in [0, 0.05) is 40.7 Å². The number of likely N-dealkylation sites (tertiary alicyclic amines) is 1. The zero-order valence-electron chi connectivity index (χ0n) is 30.0. The second-order valence-corrected chi connectivity index (χ2v) is 14.4. The average Bonchev–Trinajstić information content (AvgIpc) is 3.84. The van der Waals surface area contributed by atoms with Crippen molar-refractivity contribution >= 4 is 29.6 Å². The van der Waals surface area contributed by atoms with Crippen LogP contribution in [0, 0.1) is 0 Å². The van der Waals surface area contributed by atoms with Crippen molar-refractivity contribution in [2.45, 2.75) is 56.6 Å². The highest BCUT2D eigenvalue weighted by molar-refractivity contribution is 6.31. The highest BCUT2D eigenvalue weighted by Crippen LogP contribution is 2.45. The van der Waals surface area contributed by atoms with Crippen LogP contribution in [0.25, 0.3) is 11.1 Å². The summed E-state index contributed by atoms with van der Waals surface area (Å²) in [6.45, 7) is 5.41. The van der Waals surface area contributed by atoms with Crippen LogP contribution in [0.15, 0.2) is 127 Å². The van der Waals surface area contributed by atoms with Crippen LogP contribution in [-0.2, 0) is 24.7 Å². The molecule has 0 radical (unpaired) electrons. The van der Waals surface area contributed by atoms with Crippen molar-refractivity contribution in [2.75, 3.05) is 19.7 Å². The summed E-state index contributed by atoms with van der Waals surface area (Å²) in [5.74, 6) is -0.898. The van der Waals surface area contributed by atoms with E-state index in [1.165, 1.54) is 0 Å². The van der Waals surface area contributed by atoms with Gasteiger partial charge in [-0.05, 0) is 52.6 Å². The van der Waals surface area contributed by atoms with E-state index in [0.717, 1.165) is 40.7 Å². The Morgan fingerprint density at radius 3 is 1.94 bits per heavy atom. The molecule has 2 aliphatic rings. The first-order valence-corrected chi connectivity index (χ1v) is 18.7. The molecule has 5 aromatic rings. The number of hydrogen-bond donors (Lipinski definition) is 1. The fourth-order valence-electron chi connectivity index (χ4n) is 7.69. The number of fused-ring (bicyclic) bond motifs is 3. The van der Waals surface area contributed by atoms with Crippen molar-refractivity contribution in [2.24, 2.45) is 0 Å². The number of nitrogens with one attached hydrogen (secondary N) is 1. The first-order valence-electron chi connectivity index (χ1n) is 18.3. The van der Waals surface area contributed by atoms with Crippen molar-refractivity contribution in [1.29, 1.82) is 0 Å². The van der Waals surface area contributed by atoms with Crippen molar-refractivity contribution in [1.82, 2.24) is 10.2 Å². The molecule has 1 saturated heterocycles. The smallest absolute Gasteiger partial charge is 0.407 e. The lowest BCUT2D eigenvalue weighted by Crippen LogP contribution is -2.49. The summed E-state index contributed by atoms with van der Waals surface area (Å²) in [7, 11) is 0. The number of carbonyl (C=O) groups excluding carboxylic acids is 3. The Bertz CT molecular complexity index is 2050. The van der Waals surface area contributed by atoms with Gasteiger partial charge in [0.1, 0.15) is 12.6 Å². The summed E-state index contributed by atoms with van der Waals surface area (Å²) in [6.07, 6.45) is 0.512. The minimum atomic E-state index is -1.46. The van der Waals surface area contributed by atoms with E-state index in [1.807, 2.05) is 109 Å². The number of amides is 2. The molecular weight excluding hydrogens is 684 g/mol. The first kappa shape index (κ1) is 36.0. The lowest BCUT2D eigenvalue weighted by atomic mass is 9.79. The van der Waals surface area contributed by atoms with Gasteiger partial charge in [-0.1, -0.05) is 147 Å². The summed E-state index contributed by atoms with van der Waals surface area (Å²) < 4.78 is 12.5. The van der Waals surface area contributed by atoms with Crippen LogP contribution >= 0.6 is 11.6 Å². The fraction of sp³-hybridized carbons (Fsp3) is 0.267. The summed E-state index contributed by atoms with van der Waals surface area (Å²) in [6, 6.07) is 39.7. The van der Waals surface area contributed by atoms with Gasteiger partial charge in [-0.25, -0.2) is 4.79 Å². The molecule has 53 heavy (non-hydrogen) atoms. The Hall–Kier alpha value is -5.40. The number of halogens is 1. The third-order valence-corrected chi connectivity index (χ3v) is 10.7. The second kappa shape index (κ2) is 15.7. The van der Waals surface area contributed by atoms with Crippen LogP contribution in [0.2, 0.25) is 5.02 Å². The van der Waals surface area contributed by atoms with Crippen molar-refractivity contribution in [3.63, 3.8) is 0 Å². The predicted octanol–water partition coefficient (Wildman–Crippen LogP) is 9.22. The number of ether oxygens (including phenoxy) is 2. The van der Waals surface area contributed by atoms with Gasteiger partial charge in [0.05, 0.1) is 6.42 Å². The minimum absolute atomic E-state index is 0.0743. The van der Waals surface area contributed by atoms with Gasteiger partial charge in [-0.3, -0.25) is 9.59 Å². The molecule has 0 spiro atoms. The van der Waals surface area contributed by atoms with Crippen LogP contribution < -0.4 is 5.32 Å². The Morgan fingerprint density at radius 1 is 0.755 bits per heavy atom. The monoisotopic (exact) mass is 726 g/mol. The molecule has 1 N–H and O–H groups in total. The van der Waals surface area contributed by atoms with Crippen LogP contribution in [-0.4, -0.2) is 48.6 Å².